The number of carboxylic acid groups (broad SMARTS) is 1. The quantitative estimate of drug-likeness (QED) is 0.915. The molecule has 0 bridgehead atoms. The van der Waals surface area contributed by atoms with Crippen molar-refractivity contribution in [1.82, 2.24) is 4.98 Å². The third-order valence-electron chi connectivity index (χ3n) is 3.24. The van der Waals surface area contributed by atoms with Crippen molar-refractivity contribution in [2.75, 3.05) is 19.1 Å². The summed E-state index contributed by atoms with van der Waals surface area (Å²) < 4.78 is 5.13. The van der Waals surface area contributed by atoms with Gasteiger partial charge in [0.15, 0.2) is 0 Å². The van der Waals surface area contributed by atoms with Crippen LogP contribution in [0, 0.1) is 6.92 Å². The standard InChI is InChI=1S/C16H18N2O3/c1-11-8-13(16(19)20)9-17-15(11)18(2)10-12-4-6-14(21-3)7-5-12/h4-9H,10H2,1-3H3,(H,19,20). The minimum Gasteiger partial charge on any atom is -0.497 e. The van der Waals surface area contributed by atoms with E-state index in [1.807, 2.05) is 43.1 Å². The maximum absolute atomic E-state index is 10.9. The van der Waals surface area contributed by atoms with Crippen molar-refractivity contribution in [3.63, 3.8) is 0 Å². The number of nitrogens with zero attached hydrogens (tertiary/aromatic N) is 2. The molecule has 0 unspecified atom stereocenters. The van der Waals surface area contributed by atoms with Gasteiger partial charge in [0, 0.05) is 19.8 Å². The van der Waals surface area contributed by atoms with E-state index in [2.05, 4.69) is 4.98 Å². The van der Waals surface area contributed by atoms with Gasteiger partial charge in [0.25, 0.3) is 0 Å². The molecule has 0 spiro atoms. The number of hydrogen-bond donors (Lipinski definition) is 1. The number of anilines is 1. The summed E-state index contributed by atoms with van der Waals surface area (Å²) in [5, 5.41) is 8.96. The van der Waals surface area contributed by atoms with Crippen molar-refractivity contribution >= 4 is 11.8 Å². The molecule has 0 aliphatic carbocycles. The molecule has 110 valence electrons. The van der Waals surface area contributed by atoms with Gasteiger partial charge in [0.1, 0.15) is 11.6 Å². The number of ether oxygens (including phenoxy) is 1. The molecule has 1 aromatic carbocycles. The number of benzene rings is 1. The van der Waals surface area contributed by atoms with Gasteiger partial charge in [-0.1, -0.05) is 12.1 Å². The molecule has 0 amide bonds. The molecule has 2 aromatic rings. The molecule has 5 nitrogen and oxygen atoms in total. The highest BCUT2D eigenvalue weighted by Crippen LogP contribution is 2.20. The zero-order chi connectivity index (χ0) is 15.4. The summed E-state index contributed by atoms with van der Waals surface area (Å²) in [6.07, 6.45) is 1.38. The molecular weight excluding hydrogens is 268 g/mol. The molecule has 1 heterocycles. The summed E-state index contributed by atoms with van der Waals surface area (Å²) in [7, 11) is 3.57. The fraction of sp³-hybridized carbons (Fsp3) is 0.250. The second-order valence-corrected chi connectivity index (χ2v) is 4.87. The Labute approximate surface area is 123 Å². The lowest BCUT2D eigenvalue weighted by molar-refractivity contribution is 0.0696. The van der Waals surface area contributed by atoms with E-state index in [1.54, 1.807) is 13.2 Å². The van der Waals surface area contributed by atoms with Crippen LogP contribution in [0.15, 0.2) is 36.5 Å². The minimum atomic E-state index is -0.963. The number of rotatable bonds is 5. The number of methoxy groups -OCH3 is 1. The van der Waals surface area contributed by atoms with E-state index >= 15 is 0 Å². The van der Waals surface area contributed by atoms with Crippen molar-refractivity contribution in [3.8, 4) is 5.75 Å². The van der Waals surface area contributed by atoms with E-state index < -0.39 is 5.97 Å². The average Bonchev–Trinajstić information content (AvgIpc) is 2.47. The normalized spacial score (nSPS) is 10.2. The molecule has 0 aliphatic heterocycles. The number of carbonyl (C=O) groups is 1. The monoisotopic (exact) mass is 286 g/mol. The van der Waals surface area contributed by atoms with Gasteiger partial charge >= 0.3 is 5.97 Å². The molecule has 5 heteroatoms. The summed E-state index contributed by atoms with van der Waals surface area (Å²) >= 11 is 0. The van der Waals surface area contributed by atoms with E-state index in [1.165, 1.54) is 6.20 Å². The SMILES string of the molecule is COc1ccc(CN(C)c2ncc(C(=O)O)cc2C)cc1. The van der Waals surface area contributed by atoms with Crippen molar-refractivity contribution in [1.29, 1.82) is 0 Å². The Morgan fingerprint density at radius 1 is 1.33 bits per heavy atom. The molecule has 2 rings (SSSR count). The van der Waals surface area contributed by atoms with Crippen LogP contribution in [0.1, 0.15) is 21.5 Å². The molecular formula is C16H18N2O3. The highest BCUT2D eigenvalue weighted by Gasteiger charge is 2.11. The summed E-state index contributed by atoms with van der Waals surface area (Å²) in [5.74, 6) is 0.632. The molecule has 0 fully saturated rings. The van der Waals surface area contributed by atoms with E-state index in [4.69, 9.17) is 9.84 Å². The molecule has 0 saturated carbocycles. The first-order chi connectivity index (χ1) is 10.0. The van der Waals surface area contributed by atoms with Gasteiger partial charge in [-0.05, 0) is 36.2 Å². The largest absolute Gasteiger partial charge is 0.497 e. The summed E-state index contributed by atoms with van der Waals surface area (Å²) in [4.78, 5) is 17.2. The van der Waals surface area contributed by atoms with Crippen LogP contribution >= 0.6 is 0 Å². The van der Waals surface area contributed by atoms with E-state index in [9.17, 15) is 4.79 Å². The lowest BCUT2D eigenvalue weighted by Gasteiger charge is -2.20. The Hall–Kier alpha value is -2.56. The lowest BCUT2D eigenvalue weighted by atomic mass is 10.1. The molecule has 1 N–H and O–H groups in total. The van der Waals surface area contributed by atoms with Crippen molar-refractivity contribution in [2.24, 2.45) is 0 Å². The number of aromatic nitrogens is 1. The maximum atomic E-state index is 10.9. The van der Waals surface area contributed by atoms with Gasteiger partial charge in [-0.2, -0.15) is 0 Å². The number of hydrogen-bond acceptors (Lipinski definition) is 4. The van der Waals surface area contributed by atoms with Gasteiger partial charge in [-0.3, -0.25) is 0 Å². The topological polar surface area (TPSA) is 62.7 Å². The number of aromatic carboxylic acids is 1. The van der Waals surface area contributed by atoms with Crippen LogP contribution in [0.25, 0.3) is 0 Å². The average molecular weight is 286 g/mol. The number of carboxylic acids is 1. The summed E-state index contributed by atoms with van der Waals surface area (Å²) in [5.41, 5.74) is 2.17. The fourth-order valence-corrected chi connectivity index (χ4v) is 2.16. The molecule has 1 aromatic heterocycles. The Kier molecular flexibility index (Phi) is 4.42. The lowest BCUT2D eigenvalue weighted by Crippen LogP contribution is -2.19. The first-order valence-corrected chi connectivity index (χ1v) is 6.55. The van der Waals surface area contributed by atoms with Crippen LogP contribution in [-0.2, 0) is 6.54 Å². The van der Waals surface area contributed by atoms with Crippen LogP contribution in [0.2, 0.25) is 0 Å². The van der Waals surface area contributed by atoms with Crippen LogP contribution in [0.3, 0.4) is 0 Å². The molecule has 21 heavy (non-hydrogen) atoms. The van der Waals surface area contributed by atoms with Crippen LogP contribution in [0.4, 0.5) is 5.82 Å². The fourth-order valence-electron chi connectivity index (χ4n) is 2.16. The van der Waals surface area contributed by atoms with Crippen molar-refractivity contribution in [2.45, 2.75) is 13.5 Å². The van der Waals surface area contributed by atoms with E-state index in [0.29, 0.717) is 6.54 Å². The summed E-state index contributed by atoms with van der Waals surface area (Å²) in [6, 6.07) is 9.45. The van der Waals surface area contributed by atoms with Crippen molar-refractivity contribution in [3.05, 3.63) is 53.2 Å². The van der Waals surface area contributed by atoms with Gasteiger partial charge < -0.3 is 14.7 Å². The second-order valence-electron chi connectivity index (χ2n) is 4.87. The Balaban J connectivity index is 2.15. The van der Waals surface area contributed by atoms with Gasteiger partial charge in [-0.25, -0.2) is 9.78 Å². The summed E-state index contributed by atoms with van der Waals surface area (Å²) in [6.45, 7) is 2.55. The second kappa shape index (κ2) is 6.26. The smallest absolute Gasteiger partial charge is 0.337 e. The zero-order valence-electron chi connectivity index (χ0n) is 12.3. The number of pyridine rings is 1. The van der Waals surface area contributed by atoms with Gasteiger partial charge in [0.05, 0.1) is 12.7 Å². The highest BCUT2D eigenvalue weighted by molar-refractivity contribution is 5.87. The molecule has 0 radical (unpaired) electrons. The molecule has 0 aliphatic rings. The Bertz CT molecular complexity index is 638. The molecule has 0 atom stereocenters. The third kappa shape index (κ3) is 3.51. The number of aryl methyl sites for hydroxylation is 1. The minimum absolute atomic E-state index is 0.203. The highest BCUT2D eigenvalue weighted by atomic mass is 16.5. The van der Waals surface area contributed by atoms with E-state index in [0.717, 1.165) is 22.7 Å². The van der Waals surface area contributed by atoms with Gasteiger partial charge in [0.2, 0.25) is 0 Å². The predicted octanol–water partition coefficient (Wildman–Crippen LogP) is 2.73. The predicted molar refractivity (Wildman–Crippen MR) is 81.0 cm³/mol. The van der Waals surface area contributed by atoms with E-state index in [-0.39, 0.29) is 5.56 Å². The zero-order valence-corrected chi connectivity index (χ0v) is 12.3. The first-order valence-electron chi connectivity index (χ1n) is 6.55. The maximum Gasteiger partial charge on any atom is 0.337 e. The first kappa shape index (κ1) is 14.8. The Morgan fingerprint density at radius 3 is 2.52 bits per heavy atom. The van der Waals surface area contributed by atoms with Crippen molar-refractivity contribution < 1.29 is 14.6 Å². The van der Waals surface area contributed by atoms with Crippen LogP contribution < -0.4 is 9.64 Å². The third-order valence-corrected chi connectivity index (χ3v) is 3.24. The Morgan fingerprint density at radius 2 is 2.00 bits per heavy atom. The molecule has 0 saturated heterocycles. The van der Waals surface area contributed by atoms with Crippen LogP contribution in [-0.4, -0.2) is 30.2 Å². The van der Waals surface area contributed by atoms with Crippen LogP contribution in [0.5, 0.6) is 5.75 Å². The van der Waals surface area contributed by atoms with Gasteiger partial charge in [-0.15, -0.1) is 0 Å².